The number of halogens is 2. The molecule has 1 aromatic heterocycles. The van der Waals surface area contributed by atoms with E-state index in [2.05, 4.69) is 5.32 Å². The summed E-state index contributed by atoms with van der Waals surface area (Å²) in [5, 5.41) is 12.7. The average Bonchev–Trinajstić information content (AvgIpc) is 2.87. The van der Waals surface area contributed by atoms with Gasteiger partial charge in [0, 0.05) is 13.7 Å². The monoisotopic (exact) mass is 297 g/mol. The number of aliphatic hydroxyl groups excluding tert-OH is 1. The van der Waals surface area contributed by atoms with E-state index in [1.807, 2.05) is 0 Å². The number of furan rings is 1. The smallest absolute Gasteiger partial charge is 0.131 e. The van der Waals surface area contributed by atoms with Crippen LogP contribution in [0.4, 0.5) is 8.78 Å². The minimum Gasteiger partial charge on any atom is -0.462 e. The average molecular weight is 297 g/mol. The number of hydrogen-bond donors (Lipinski definition) is 2. The van der Waals surface area contributed by atoms with Crippen molar-refractivity contribution in [1.29, 1.82) is 0 Å². The topological polar surface area (TPSA) is 54.6 Å². The zero-order valence-electron chi connectivity index (χ0n) is 11.6. The van der Waals surface area contributed by atoms with E-state index >= 15 is 0 Å². The minimum absolute atomic E-state index is 0.0121. The van der Waals surface area contributed by atoms with Gasteiger partial charge in [0.15, 0.2) is 0 Å². The van der Waals surface area contributed by atoms with Crippen LogP contribution in [-0.4, -0.2) is 18.8 Å². The van der Waals surface area contributed by atoms with Crippen LogP contribution in [0.25, 0.3) is 0 Å². The molecule has 0 aliphatic rings. The first-order valence-corrected chi connectivity index (χ1v) is 6.51. The third kappa shape index (κ3) is 4.10. The van der Waals surface area contributed by atoms with Gasteiger partial charge in [0.1, 0.15) is 29.8 Å². The second-order valence-electron chi connectivity index (χ2n) is 4.58. The van der Waals surface area contributed by atoms with Crippen molar-refractivity contribution in [3.8, 4) is 0 Å². The van der Waals surface area contributed by atoms with Crippen molar-refractivity contribution < 1.29 is 23.0 Å². The number of benzene rings is 1. The fourth-order valence-corrected chi connectivity index (χ4v) is 2.00. The quantitative estimate of drug-likeness (QED) is 0.824. The summed E-state index contributed by atoms with van der Waals surface area (Å²) in [7, 11) is 1.57. The summed E-state index contributed by atoms with van der Waals surface area (Å²) in [4.78, 5) is 0. The number of ether oxygens (including phenoxy) is 1. The molecule has 0 aliphatic heterocycles. The standard InChI is InChI=1S/C15H17F2NO3/c1-20-9-11-6-5-10(21-11)7-18-8-14(19)15-12(16)3-2-4-13(15)17/h2-6,14,18-19H,7-9H2,1H3. The van der Waals surface area contributed by atoms with Crippen molar-refractivity contribution in [2.45, 2.75) is 19.3 Å². The normalized spacial score (nSPS) is 12.6. The lowest BCUT2D eigenvalue weighted by atomic mass is 10.1. The van der Waals surface area contributed by atoms with Gasteiger partial charge in [-0.05, 0) is 24.3 Å². The number of nitrogens with one attached hydrogen (secondary N) is 1. The lowest BCUT2D eigenvalue weighted by Gasteiger charge is -2.13. The van der Waals surface area contributed by atoms with Crippen LogP contribution in [0.15, 0.2) is 34.7 Å². The molecule has 1 unspecified atom stereocenters. The Balaban J connectivity index is 1.87. The molecule has 0 bridgehead atoms. The molecule has 0 aliphatic carbocycles. The molecule has 2 rings (SSSR count). The van der Waals surface area contributed by atoms with E-state index in [-0.39, 0.29) is 12.1 Å². The Morgan fingerprint density at radius 2 is 1.86 bits per heavy atom. The maximum Gasteiger partial charge on any atom is 0.131 e. The van der Waals surface area contributed by atoms with Crippen LogP contribution in [-0.2, 0) is 17.9 Å². The molecule has 6 heteroatoms. The molecule has 1 atom stereocenters. The van der Waals surface area contributed by atoms with Crippen LogP contribution in [0.1, 0.15) is 23.2 Å². The molecule has 2 N–H and O–H groups in total. The molecular formula is C15H17F2NO3. The van der Waals surface area contributed by atoms with Crippen LogP contribution in [0, 0.1) is 11.6 Å². The van der Waals surface area contributed by atoms with Crippen molar-refractivity contribution in [1.82, 2.24) is 5.32 Å². The van der Waals surface area contributed by atoms with Gasteiger partial charge in [-0.1, -0.05) is 6.07 Å². The molecule has 0 amide bonds. The predicted molar refractivity (Wildman–Crippen MR) is 72.4 cm³/mol. The van der Waals surface area contributed by atoms with Crippen molar-refractivity contribution >= 4 is 0 Å². The lowest BCUT2D eigenvalue weighted by Crippen LogP contribution is -2.22. The Morgan fingerprint density at radius 1 is 1.19 bits per heavy atom. The second-order valence-corrected chi connectivity index (χ2v) is 4.58. The van der Waals surface area contributed by atoms with Gasteiger partial charge in [0.2, 0.25) is 0 Å². The van der Waals surface area contributed by atoms with Gasteiger partial charge in [-0.25, -0.2) is 8.78 Å². The van der Waals surface area contributed by atoms with Crippen molar-refractivity contribution in [3.63, 3.8) is 0 Å². The highest BCUT2D eigenvalue weighted by Crippen LogP contribution is 2.20. The van der Waals surface area contributed by atoms with Crippen LogP contribution < -0.4 is 5.32 Å². The SMILES string of the molecule is COCc1ccc(CNCC(O)c2c(F)cccc2F)o1. The molecule has 1 heterocycles. The van der Waals surface area contributed by atoms with E-state index in [0.29, 0.717) is 24.7 Å². The van der Waals surface area contributed by atoms with E-state index in [1.165, 1.54) is 6.07 Å². The Hall–Kier alpha value is -1.76. The zero-order chi connectivity index (χ0) is 15.2. The second kappa shape index (κ2) is 7.31. The number of methoxy groups -OCH3 is 1. The first kappa shape index (κ1) is 15.6. The molecule has 0 saturated carbocycles. The summed E-state index contributed by atoms with van der Waals surface area (Å²) in [6.07, 6.45) is -1.26. The maximum absolute atomic E-state index is 13.5. The fourth-order valence-electron chi connectivity index (χ4n) is 2.00. The molecule has 0 saturated heterocycles. The fraction of sp³-hybridized carbons (Fsp3) is 0.333. The van der Waals surface area contributed by atoms with E-state index < -0.39 is 17.7 Å². The van der Waals surface area contributed by atoms with Crippen LogP contribution in [0.3, 0.4) is 0 Å². The first-order chi connectivity index (χ1) is 10.1. The van der Waals surface area contributed by atoms with Crippen molar-refractivity contribution in [2.75, 3.05) is 13.7 Å². The van der Waals surface area contributed by atoms with E-state index in [0.717, 1.165) is 12.1 Å². The summed E-state index contributed by atoms with van der Waals surface area (Å²) in [6.45, 7) is 0.734. The molecule has 0 radical (unpaired) electrons. The lowest BCUT2D eigenvalue weighted by molar-refractivity contribution is 0.158. The Bertz CT molecular complexity index is 566. The Morgan fingerprint density at radius 3 is 2.52 bits per heavy atom. The van der Waals surface area contributed by atoms with Gasteiger partial charge in [0.05, 0.1) is 18.2 Å². The molecule has 0 spiro atoms. The van der Waals surface area contributed by atoms with Crippen LogP contribution >= 0.6 is 0 Å². The van der Waals surface area contributed by atoms with E-state index in [4.69, 9.17) is 9.15 Å². The molecular weight excluding hydrogens is 280 g/mol. The van der Waals surface area contributed by atoms with Gasteiger partial charge in [0.25, 0.3) is 0 Å². The Labute approximate surface area is 121 Å². The molecule has 0 fully saturated rings. The third-order valence-electron chi connectivity index (χ3n) is 2.97. The van der Waals surface area contributed by atoms with Crippen molar-refractivity contribution in [3.05, 3.63) is 59.1 Å². The minimum atomic E-state index is -1.26. The molecule has 2 aromatic rings. The number of hydrogen-bond acceptors (Lipinski definition) is 4. The summed E-state index contributed by atoms with van der Waals surface area (Å²) in [5.74, 6) is -0.174. The Kier molecular flexibility index (Phi) is 5.44. The summed E-state index contributed by atoms with van der Waals surface area (Å²) in [5.41, 5.74) is -0.329. The third-order valence-corrected chi connectivity index (χ3v) is 2.97. The van der Waals surface area contributed by atoms with Crippen molar-refractivity contribution in [2.24, 2.45) is 0 Å². The molecule has 114 valence electrons. The van der Waals surface area contributed by atoms with Crippen LogP contribution in [0.5, 0.6) is 0 Å². The number of rotatable bonds is 7. The highest BCUT2D eigenvalue weighted by atomic mass is 19.1. The molecule has 1 aromatic carbocycles. The predicted octanol–water partition coefficient (Wildman–Crippen LogP) is 2.53. The van der Waals surface area contributed by atoms with Gasteiger partial charge in [-0.15, -0.1) is 0 Å². The maximum atomic E-state index is 13.5. The largest absolute Gasteiger partial charge is 0.462 e. The number of aliphatic hydroxyl groups is 1. The van der Waals surface area contributed by atoms with Gasteiger partial charge in [-0.3, -0.25) is 0 Å². The summed E-state index contributed by atoms with van der Waals surface area (Å²) < 4.78 is 37.3. The zero-order valence-corrected chi connectivity index (χ0v) is 11.6. The summed E-state index contributed by atoms with van der Waals surface area (Å²) in [6, 6.07) is 7.05. The van der Waals surface area contributed by atoms with Gasteiger partial charge >= 0.3 is 0 Å². The van der Waals surface area contributed by atoms with E-state index in [1.54, 1.807) is 19.2 Å². The highest BCUT2D eigenvalue weighted by Gasteiger charge is 2.17. The van der Waals surface area contributed by atoms with Gasteiger partial charge < -0.3 is 19.6 Å². The highest BCUT2D eigenvalue weighted by molar-refractivity contribution is 5.22. The molecule has 4 nitrogen and oxygen atoms in total. The van der Waals surface area contributed by atoms with Crippen LogP contribution in [0.2, 0.25) is 0 Å². The first-order valence-electron chi connectivity index (χ1n) is 6.51. The van der Waals surface area contributed by atoms with E-state index in [9.17, 15) is 13.9 Å². The summed E-state index contributed by atoms with van der Waals surface area (Å²) >= 11 is 0. The molecule has 21 heavy (non-hydrogen) atoms. The van der Waals surface area contributed by atoms with Gasteiger partial charge in [-0.2, -0.15) is 0 Å².